The monoisotopic (exact) mass is 430 g/mol. The summed E-state index contributed by atoms with van der Waals surface area (Å²) in [6.07, 6.45) is 26.5. The SMILES string of the molecule is CCCCCCCCCCCCCCCC/C(CCl)=C(\C)C(P)CCCCC. The molecule has 0 rings (SSSR count). The van der Waals surface area contributed by atoms with Gasteiger partial charge in [0.05, 0.1) is 0 Å². The van der Waals surface area contributed by atoms with Gasteiger partial charge in [0, 0.05) is 5.88 Å². The first-order chi connectivity index (χ1) is 13.7. The van der Waals surface area contributed by atoms with Crippen molar-refractivity contribution in [3.63, 3.8) is 0 Å². The zero-order valence-electron chi connectivity index (χ0n) is 19.7. The summed E-state index contributed by atoms with van der Waals surface area (Å²) in [7, 11) is 3.05. The molecule has 0 nitrogen and oxygen atoms in total. The number of hydrogen-bond donors (Lipinski definition) is 0. The Morgan fingerprint density at radius 2 is 1.04 bits per heavy atom. The van der Waals surface area contributed by atoms with E-state index in [1.807, 2.05) is 0 Å². The summed E-state index contributed by atoms with van der Waals surface area (Å²) in [4.78, 5) is 0. The van der Waals surface area contributed by atoms with Crippen LogP contribution in [0.15, 0.2) is 11.1 Å². The largest absolute Gasteiger partial charge is 0.130 e. The Labute approximate surface area is 186 Å². The van der Waals surface area contributed by atoms with Crippen molar-refractivity contribution < 1.29 is 0 Å². The van der Waals surface area contributed by atoms with Gasteiger partial charge in [-0.3, -0.25) is 0 Å². The van der Waals surface area contributed by atoms with Gasteiger partial charge in [-0.25, -0.2) is 0 Å². The van der Waals surface area contributed by atoms with E-state index < -0.39 is 0 Å². The maximum absolute atomic E-state index is 6.26. The number of unbranched alkanes of at least 4 members (excludes halogenated alkanes) is 15. The first kappa shape index (κ1) is 28.5. The number of alkyl halides is 1. The summed E-state index contributed by atoms with van der Waals surface area (Å²) in [5.74, 6) is 0.725. The van der Waals surface area contributed by atoms with Gasteiger partial charge in [0.2, 0.25) is 0 Å². The molecule has 0 bridgehead atoms. The van der Waals surface area contributed by atoms with Crippen LogP contribution in [0.3, 0.4) is 0 Å². The van der Waals surface area contributed by atoms with Crippen LogP contribution in [0, 0.1) is 0 Å². The number of hydrogen-bond acceptors (Lipinski definition) is 0. The fourth-order valence-electron chi connectivity index (χ4n) is 4.00. The van der Waals surface area contributed by atoms with E-state index in [4.69, 9.17) is 11.6 Å². The summed E-state index contributed by atoms with van der Waals surface area (Å²) in [6, 6.07) is 0. The Kier molecular flexibility index (Phi) is 22.5. The molecule has 0 spiro atoms. The van der Waals surface area contributed by atoms with Gasteiger partial charge in [-0.1, -0.05) is 128 Å². The molecule has 0 aliphatic heterocycles. The molecule has 0 fully saturated rings. The Hall–Kier alpha value is 0.460. The van der Waals surface area contributed by atoms with E-state index in [9.17, 15) is 0 Å². The van der Waals surface area contributed by atoms with E-state index in [1.165, 1.54) is 128 Å². The lowest BCUT2D eigenvalue weighted by molar-refractivity contribution is 0.535. The maximum Gasteiger partial charge on any atom is 0.0436 e. The van der Waals surface area contributed by atoms with Gasteiger partial charge in [0.1, 0.15) is 0 Å². The van der Waals surface area contributed by atoms with Gasteiger partial charge in [-0.15, -0.1) is 20.8 Å². The fourth-order valence-corrected chi connectivity index (χ4v) is 4.81. The lowest BCUT2D eigenvalue weighted by Crippen LogP contribution is -2.04. The predicted octanol–water partition coefficient (Wildman–Crippen LogP) is 10.2. The van der Waals surface area contributed by atoms with Crippen molar-refractivity contribution in [2.45, 2.75) is 148 Å². The second kappa shape index (κ2) is 22.2. The van der Waals surface area contributed by atoms with Gasteiger partial charge in [-0.2, -0.15) is 0 Å². The topological polar surface area (TPSA) is 0 Å². The minimum atomic E-state index is 0.631. The average Bonchev–Trinajstić information content (AvgIpc) is 2.70. The molecule has 0 aromatic rings. The van der Waals surface area contributed by atoms with E-state index in [2.05, 4.69) is 30.0 Å². The van der Waals surface area contributed by atoms with Crippen LogP contribution < -0.4 is 0 Å². The molecule has 2 unspecified atom stereocenters. The summed E-state index contributed by atoms with van der Waals surface area (Å²) in [5, 5.41) is 0. The zero-order valence-corrected chi connectivity index (χ0v) is 21.6. The molecular formula is C26H52ClP. The van der Waals surface area contributed by atoms with Crippen molar-refractivity contribution in [2.75, 3.05) is 5.88 Å². The summed E-state index contributed by atoms with van der Waals surface area (Å²) in [6.45, 7) is 6.88. The Morgan fingerprint density at radius 3 is 1.46 bits per heavy atom. The highest BCUT2D eigenvalue weighted by Crippen LogP contribution is 2.26. The second-order valence-electron chi connectivity index (χ2n) is 8.87. The molecule has 2 heteroatoms. The molecule has 168 valence electrons. The van der Waals surface area contributed by atoms with Crippen molar-refractivity contribution in [1.29, 1.82) is 0 Å². The molecule has 0 heterocycles. The molecule has 2 atom stereocenters. The quantitative estimate of drug-likeness (QED) is 0.0734. The molecule has 28 heavy (non-hydrogen) atoms. The maximum atomic E-state index is 6.26. The van der Waals surface area contributed by atoms with E-state index in [0.717, 1.165) is 5.88 Å². The van der Waals surface area contributed by atoms with E-state index in [0.29, 0.717) is 5.66 Å². The number of halogens is 1. The number of rotatable bonds is 21. The van der Waals surface area contributed by atoms with Crippen LogP contribution in [0.4, 0.5) is 0 Å². The van der Waals surface area contributed by atoms with Crippen molar-refractivity contribution >= 4 is 20.8 Å². The summed E-state index contributed by atoms with van der Waals surface area (Å²) in [5.41, 5.74) is 3.69. The molecule has 0 saturated carbocycles. The molecule has 0 amide bonds. The first-order valence-corrected chi connectivity index (χ1v) is 13.9. The molecular weight excluding hydrogens is 379 g/mol. The van der Waals surface area contributed by atoms with E-state index in [-0.39, 0.29) is 0 Å². The minimum absolute atomic E-state index is 0.631. The summed E-state index contributed by atoms with van der Waals surface area (Å²) < 4.78 is 0. The Bertz CT molecular complexity index is 350. The minimum Gasteiger partial charge on any atom is -0.130 e. The standard InChI is InChI=1S/C26H52ClP/c1-4-6-8-9-10-11-12-13-14-15-16-17-18-20-21-25(23-27)24(3)26(28)22-19-7-5-2/h26H,4-23,28H2,1-3H3/b25-24-. The van der Waals surface area contributed by atoms with Crippen LogP contribution in [0.25, 0.3) is 0 Å². The molecule has 0 aromatic carbocycles. The highest BCUT2D eigenvalue weighted by atomic mass is 35.5. The normalized spacial score (nSPS) is 13.6. The van der Waals surface area contributed by atoms with Gasteiger partial charge in [-0.05, 0) is 31.8 Å². The zero-order chi connectivity index (χ0) is 20.9. The molecule has 0 aliphatic rings. The van der Waals surface area contributed by atoms with Crippen LogP contribution in [-0.2, 0) is 0 Å². The molecule has 0 aliphatic carbocycles. The number of allylic oxidation sites excluding steroid dienone is 2. The lowest BCUT2D eigenvalue weighted by Gasteiger charge is -2.17. The van der Waals surface area contributed by atoms with Crippen molar-refractivity contribution in [2.24, 2.45) is 0 Å². The van der Waals surface area contributed by atoms with Crippen LogP contribution >= 0.6 is 20.8 Å². The van der Waals surface area contributed by atoms with Crippen molar-refractivity contribution in [3.8, 4) is 0 Å². The van der Waals surface area contributed by atoms with Crippen LogP contribution in [0.2, 0.25) is 0 Å². The van der Waals surface area contributed by atoms with E-state index >= 15 is 0 Å². The molecule has 0 N–H and O–H groups in total. The highest BCUT2D eigenvalue weighted by molar-refractivity contribution is 7.18. The molecule has 0 radical (unpaired) electrons. The van der Waals surface area contributed by atoms with Crippen LogP contribution in [0.1, 0.15) is 143 Å². The Morgan fingerprint density at radius 1 is 0.643 bits per heavy atom. The van der Waals surface area contributed by atoms with Gasteiger partial charge in [0.25, 0.3) is 0 Å². The third-order valence-electron chi connectivity index (χ3n) is 6.23. The third kappa shape index (κ3) is 17.3. The highest BCUT2D eigenvalue weighted by Gasteiger charge is 2.09. The lowest BCUT2D eigenvalue weighted by atomic mass is 9.98. The molecule has 0 aromatic heterocycles. The first-order valence-electron chi connectivity index (χ1n) is 12.7. The fraction of sp³-hybridized carbons (Fsp3) is 0.923. The van der Waals surface area contributed by atoms with Crippen molar-refractivity contribution in [3.05, 3.63) is 11.1 Å². The third-order valence-corrected chi connectivity index (χ3v) is 7.38. The Balaban J connectivity index is 3.60. The summed E-state index contributed by atoms with van der Waals surface area (Å²) >= 11 is 6.26. The van der Waals surface area contributed by atoms with Crippen LogP contribution in [0.5, 0.6) is 0 Å². The van der Waals surface area contributed by atoms with Crippen molar-refractivity contribution in [1.82, 2.24) is 0 Å². The van der Waals surface area contributed by atoms with Gasteiger partial charge < -0.3 is 0 Å². The van der Waals surface area contributed by atoms with E-state index in [1.54, 1.807) is 5.57 Å². The smallest absolute Gasteiger partial charge is 0.0436 e. The second-order valence-corrected chi connectivity index (χ2v) is 9.94. The average molecular weight is 431 g/mol. The predicted molar refractivity (Wildman–Crippen MR) is 136 cm³/mol. The van der Waals surface area contributed by atoms with Gasteiger partial charge >= 0.3 is 0 Å². The molecule has 0 saturated heterocycles. The van der Waals surface area contributed by atoms with Crippen LogP contribution in [-0.4, -0.2) is 11.5 Å². The van der Waals surface area contributed by atoms with Gasteiger partial charge in [0.15, 0.2) is 0 Å².